The van der Waals surface area contributed by atoms with Crippen LogP contribution in [0.5, 0.6) is 5.75 Å². The lowest BCUT2D eigenvalue weighted by molar-refractivity contribution is -0.153. The van der Waals surface area contributed by atoms with Gasteiger partial charge in [-0.05, 0) is 42.3 Å². The van der Waals surface area contributed by atoms with Crippen LogP contribution >= 0.6 is 0 Å². The van der Waals surface area contributed by atoms with E-state index >= 15 is 0 Å². The summed E-state index contributed by atoms with van der Waals surface area (Å²) in [5, 5.41) is 10.2. The summed E-state index contributed by atoms with van der Waals surface area (Å²) >= 11 is 0. The maximum atomic E-state index is 13.9. The normalized spacial score (nSPS) is 17.7. The van der Waals surface area contributed by atoms with E-state index in [2.05, 4.69) is 0 Å². The van der Waals surface area contributed by atoms with Crippen molar-refractivity contribution in [1.29, 1.82) is 0 Å². The number of phenolic OH excluding ortho intramolecular Hbond substituents is 1. The van der Waals surface area contributed by atoms with Gasteiger partial charge in [-0.15, -0.1) is 0 Å². The van der Waals surface area contributed by atoms with E-state index in [0.717, 1.165) is 11.1 Å². The van der Waals surface area contributed by atoms with Crippen LogP contribution in [0.3, 0.4) is 0 Å². The zero-order valence-electron chi connectivity index (χ0n) is 18.1. The van der Waals surface area contributed by atoms with Gasteiger partial charge in [0.25, 0.3) is 0 Å². The minimum Gasteiger partial charge on any atom is -0.508 e. The second kappa shape index (κ2) is 8.43. The van der Waals surface area contributed by atoms with Crippen LogP contribution in [-0.4, -0.2) is 33.1 Å². The first-order chi connectivity index (χ1) is 16.1. The number of nitrogens with zero attached hydrogens (tertiary/aromatic N) is 3. The molecule has 2 atom stereocenters. The van der Waals surface area contributed by atoms with Gasteiger partial charge in [0.1, 0.15) is 5.75 Å². The first-order valence-electron chi connectivity index (χ1n) is 10.9. The van der Waals surface area contributed by atoms with Gasteiger partial charge in [0.15, 0.2) is 5.92 Å². The molecule has 0 saturated heterocycles. The number of hydrogen-bond donors (Lipinski definition) is 1. The van der Waals surface area contributed by atoms with E-state index in [1.54, 1.807) is 36.1 Å². The summed E-state index contributed by atoms with van der Waals surface area (Å²) in [4.78, 5) is 33.4. The Morgan fingerprint density at radius 3 is 2.55 bits per heavy atom. The first-order valence-corrected chi connectivity index (χ1v) is 10.9. The first kappa shape index (κ1) is 20.8. The summed E-state index contributed by atoms with van der Waals surface area (Å²) < 4.78 is 7.27. The van der Waals surface area contributed by atoms with Gasteiger partial charge in [0.2, 0.25) is 11.9 Å². The summed E-state index contributed by atoms with van der Waals surface area (Å²) in [5.74, 6) is -1.59. The maximum absolute atomic E-state index is 13.9. The van der Waals surface area contributed by atoms with Crippen molar-refractivity contribution in [3.8, 4) is 5.75 Å². The third-order valence-corrected chi connectivity index (χ3v) is 5.88. The largest absolute Gasteiger partial charge is 0.508 e. The van der Waals surface area contributed by atoms with Gasteiger partial charge >= 0.3 is 5.97 Å². The third-order valence-electron chi connectivity index (χ3n) is 5.88. The Labute approximate surface area is 190 Å². The number of imidazole rings is 1. The van der Waals surface area contributed by atoms with Crippen molar-refractivity contribution in [1.82, 2.24) is 9.55 Å². The van der Waals surface area contributed by atoms with E-state index in [1.807, 2.05) is 59.2 Å². The number of amides is 1. The molecule has 0 saturated carbocycles. The number of carbonyl (C=O) groups excluding carboxylic acids is 2. The Bertz CT molecular complexity index is 1330. The van der Waals surface area contributed by atoms with Gasteiger partial charge in [0.05, 0.1) is 30.2 Å². The minimum absolute atomic E-state index is 0.0558. The molecule has 2 unspecified atom stereocenters. The average Bonchev–Trinajstić information content (AvgIpc) is 3.20. The molecule has 1 aliphatic heterocycles. The Kier molecular flexibility index (Phi) is 5.30. The molecule has 1 amide bonds. The molecule has 0 spiro atoms. The van der Waals surface area contributed by atoms with Crippen molar-refractivity contribution in [2.75, 3.05) is 11.5 Å². The highest BCUT2D eigenvalue weighted by molar-refractivity contribution is 6.08. The Balaban J connectivity index is 1.76. The van der Waals surface area contributed by atoms with Crippen LogP contribution in [0.2, 0.25) is 0 Å². The van der Waals surface area contributed by atoms with Crippen LogP contribution < -0.4 is 4.90 Å². The number of phenols is 1. The molecule has 3 aromatic carbocycles. The number of aromatic nitrogens is 2. The van der Waals surface area contributed by atoms with Crippen LogP contribution in [0.4, 0.5) is 5.95 Å². The molecule has 33 heavy (non-hydrogen) atoms. The number of carbonyl (C=O) groups is 2. The molecule has 5 rings (SSSR count). The monoisotopic (exact) mass is 441 g/mol. The van der Waals surface area contributed by atoms with Gasteiger partial charge in [-0.1, -0.05) is 54.6 Å². The molecule has 4 aromatic rings. The van der Waals surface area contributed by atoms with Crippen molar-refractivity contribution in [3.05, 3.63) is 90.0 Å². The zero-order valence-corrected chi connectivity index (χ0v) is 18.1. The lowest BCUT2D eigenvalue weighted by Gasteiger charge is -2.38. The number of aromatic hydroxyl groups is 1. The second-order valence-corrected chi connectivity index (χ2v) is 7.95. The second-order valence-electron chi connectivity index (χ2n) is 7.95. The van der Waals surface area contributed by atoms with Crippen molar-refractivity contribution in [3.63, 3.8) is 0 Å². The van der Waals surface area contributed by atoms with E-state index in [4.69, 9.17) is 9.72 Å². The fourth-order valence-corrected chi connectivity index (χ4v) is 4.47. The van der Waals surface area contributed by atoms with E-state index in [-0.39, 0.29) is 24.8 Å². The SMILES string of the molecule is CCOC(=O)C1C(=O)N(Cc2ccccc2)c2nc3ccccc3n2C1c1cccc(O)c1. The summed E-state index contributed by atoms with van der Waals surface area (Å²) in [6.07, 6.45) is 0. The highest BCUT2D eigenvalue weighted by atomic mass is 16.5. The van der Waals surface area contributed by atoms with Crippen LogP contribution in [0.25, 0.3) is 11.0 Å². The molecule has 7 nitrogen and oxygen atoms in total. The fraction of sp³-hybridized carbons (Fsp3) is 0.192. The van der Waals surface area contributed by atoms with Crippen LogP contribution in [0, 0.1) is 5.92 Å². The molecule has 7 heteroatoms. The number of rotatable bonds is 5. The Morgan fingerprint density at radius 1 is 1.03 bits per heavy atom. The number of anilines is 1. The summed E-state index contributed by atoms with van der Waals surface area (Å²) in [5.41, 5.74) is 3.06. The molecular weight excluding hydrogens is 418 g/mol. The smallest absolute Gasteiger partial charge is 0.321 e. The van der Waals surface area contributed by atoms with Crippen molar-refractivity contribution >= 4 is 28.9 Å². The molecule has 0 fully saturated rings. The van der Waals surface area contributed by atoms with Crippen molar-refractivity contribution in [2.45, 2.75) is 19.5 Å². The van der Waals surface area contributed by atoms with E-state index < -0.39 is 17.9 Å². The lowest BCUT2D eigenvalue weighted by atomic mass is 9.89. The Morgan fingerprint density at radius 2 is 1.79 bits per heavy atom. The van der Waals surface area contributed by atoms with Gasteiger partial charge in [0, 0.05) is 0 Å². The molecule has 2 heterocycles. The number of esters is 1. The molecule has 0 radical (unpaired) electrons. The lowest BCUT2D eigenvalue weighted by Crippen LogP contribution is -2.49. The fourth-order valence-electron chi connectivity index (χ4n) is 4.47. The van der Waals surface area contributed by atoms with Gasteiger partial charge in [-0.2, -0.15) is 0 Å². The maximum Gasteiger partial charge on any atom is 0.321 e. The number of benzene rings is 3. The average molecular weight is 441 g/mol. The predicted molar refractivity (Wildman–Crippen MR) is 124 cm³/mol. The predicted octanol–water partition coefficient (Wildman–Crippen LogP) is 4.06. The van der Waals surface area contributed by atoms with Crippen molar-refractivity contribution < 1.29 is 19.4 Å². The molecular formula is C26H23N3O4. The van der Waals surface area contributed by atoms with Crippen molar-refractivity contribution in [2.24, 2.45) is 5.92 Å². The molecule has 1 aromatic heterocycles. The van der Waals surface area contributed by atoms with E-state index in [0.29, 0.717) is 17.0 Å². The third kappa shape index (κ3) is 3.61. The van der Waals surface area contributed by atoms with Gasteiger partial charge in [-0.25, -0.2) is 4.98 Å². The molecule has 0 bridgehead atoms. The minimum atomic E-state index is -1.12. The quantitative estimate of drug-likeness (QED) is 0.373. The van der Waals surface area contributed by atoms with Gasteiger partial charge in [-0.3, -0.25) is 14.5 Å². The van der Waals surface area contributed by atoms with Crippen LogP contribution in [0.1, 0.15) is 24.1 Å². The number of para-hydroxylation sites is 2. The van der Waals surface area contributed by atoms with Gasteiger partial charge < -0.3 is 14.4 Å². The highest BCUT2D eigenvalue weighted by Gasteiger charge is 2.47. The topological polar surface area (TPSA) is 84.7 Å². The van der Waals surface area contributed by atoms with Crippen LogP contribution in [0.15, 0.2) is 78.9 Å². The molecule has 166 valence electrons. The molecule has 1 aliphatic rings. The molecule has 1 N–H and O–H groups in total. The van der Waals surface area contributed by atoms with E-state index in [1.165, 1.54) is 0 Å². The standard InChI is InChI=1S/C26H23N3O4/c1-2-33-25(32)22-23(18-11-8-12-19(30)15-18)29-21-14-7-6-13-20(21)27-26(29)28(24(22)31)16-17-9-4-3-5-10-17/h3-15,22-23,30H,2,16H2,1H3. The summed E-state index contributed by atoms with van der Waals surface area (Å²) in [6.45, 7) is 2.14. The van der Waals surface area contributed by atoms with Crippen LogP contribution in [-0.2, 0) is 20.9 Å². The van der Waals surface area contributed by atoms with E-state index in [9.17, 15) is 14.7 Å². The number of fused-ring (bicyclic) bond motifs is 3. The zero-order chi connectivity index (χ0) is 22.9. The highest BCUT2D eigenvalue weighted by Crippen LogP contribution is 2.42. The summed E-state index contributed by atoms with van der Waals surface area (Å²) in [6, 6.07) is 23.1. The summed E-state index contributed by atoms with van der Waals surface area (Å²) in [7, 11) is 0. The molecule has 0 aliphatic carbocycles. The number of hydrogen-bond acceptors (Lipinski definition) is 5. The number of ether oxygens (including phenoxy) is 1. The Hall–Kier alpha value is -4.13.